The summed E-state index contributed by atoms with van der Waals surface area (Å²) in [7, 11) is 0. The summed E-state index contributed by atoms with van der Waals surface area (Å²) in [6.07, 6.45) is 1.58. The molecule has 0 aliphatic rings. The lowest BCUT2D eigenvalue weighted by atomic mass is 10.1. The van der Waals surface area contributed by atoms with Gasteiger partial charge >= 0.3 is 5.97 Å². The van der Waals surface area contributed by atoms with Crippen LogP contribution in [-0.2, 0) is 6.54 Å². The average Bonchev–Trinajstić information content (AvgIpc) is 2.89. The molecule has 2 aromatic rings. The van der Waals surface area contributed by atoms with Crippen LogP contribution in [0.3, 0.4) is 0 Å². The zero-order chi connectivity index (χ0) is 13.0. The molecule has 1 heterocycles. The molecule has 18 heavy (non-hydrogen) atoms. The molecule has 0 radical (unpaired) electrons. The van der Waals surface area contributed by atoms with Gasteiger partial charge in [-0.05, 0) is 18.2 Å². The van der Waals surface area contributed by atoms with Gasteiger partial charge in [0.25, 0.3) is 5.91 Å². The van der Waals surface area contributed by atoms with E-state index in [0.29, 0.717) is 0 Å². The van der Waals surface area contributed by atoms with E-state index in [-0.39, 0.29) is 17.7 Å². The fraction of sp³-hybridized carbons (Fsp3) is 0.0833. The van der Waals surface area contributed by atoms with Crippen LogP contribution >= 0.6 is 0 Å². The molecule has 0 aliphatic carbocycles. The van der Waals surface area contributed by atoms with Gasteiger partial charge in [-0.2, -0.15) is 5.10 Å². The van der Waals surface area contributed by atoms with Crippen molar-refractivity contribution in [3.05, 3.63) is 53.3 Å². The second-order valence-electron chi connectivity index (χ2n) is 3.62. The molecule has 0 fully saturated rings. The first-order valence-electron chi connectivity index (χ1n) is 5.27. The molecule has 6 nitrogen and oxygen atoms in total. The summed E-state index contributed by atoms with van der Waals surface area (Å²) in [5.74, 6) is -1.55. The molecule has 0 spiro atoms. The summed E-state index contributed by atoms with van der Waals surface area (Å²) in [6.45, 7) is 0.271. The number of carboxylic acid groups (broad SMARTS) is 1. The Bertz CT molecular complexity index is 564. The highest BCUT2D eigenvalue weighted by Crippen LogP contribution is 2.08. The van der Waals surface area contributed by atoms with Crippen LogP contribution < -0.4 is 5.32 Å². The fourth-order valence-electron chi connectivity index (χ4n) is 1.52. The smallest absolute Gasteiger partial charge is 0.336 e. The van der Waals surface area contributed by atoms with Crippen molar-refractivity contribution in [2.24, 2.45) is 0 Å². The molecule has 2 rings (SSSR count). The molecule has 3 N–H and O–H groups in total. The summed E-state index contributed by atoms with van der Waals surface area (Å²) < 4.78 is 0. The van der Waals surface area contributed by atoms with E-state index in [4.69, 9.17) is 5.11 Å². The molecule has 1 aromatic heterocycles. The van der Waals surface area contributed by atoms with Gasteiger partial charge in [0, 0.05) is 6.20 Å². The lowest BCUT2D eigenvalue weighted by Gasteiger charge is -2.06. The zero-order valence-electron chi connectivity index (χ0n) is 9.38. The second kappa shape index (κ2) is 5.13. The van der Waals surface area contributed by atoms with E-state index < -0.39 is 11.9 Å². The zero-order valence-corrected chi connectivity index (χ0v) is 9.38. The van der Waals surface area contributed by atoms with Gasteiger partial charge in [-0.15, -0.1) is 0 Å². The number of rotatable bonds is 4. The van der Waals surface area contributed by atoms with Crippen LogP contribution in [0.1, 0.15) is 26.4 Å². The van der Waals surface area contributed by atoms with E-state index in [2.05, 4.69) is 15.5 Å². The van der Waals surface area contributed by atoms with Gasteiger partial charge < -0.3 is 10.4 Å². The first-order valence-corrected chi connectivity index (χ1v) is 5.27. The highest BCUT2D eigenvalue weighted by molar-refractivity contribution is 6.04. The Balaban J connectivity index is 2.11. The maximum absolute atomic E-state index is 11.9. The SMILES string of the molecule is O=C(O)c1ccccc1C(=O)NCc1ccn[nH]1. The molecule has 0 aliphatic heterocycles. The van der Waals surface area contributed by atoms with Crippen LogP contribution in [0, 0.1) is 0 Å². The maximum Gasteiger partial charge on any atom is 0.336 e. The number of hydrogen-bond acceptors (Lipinski definition) is 3. The van der Waals surface area contributed by atoms with Gasteiger partial charge in [0.2, 0.25) is 0 Å². The number of nitrogens with one attached hydrogen (secondary N) is 2. The number of benzene rings is 1. The summed E-state index contributed by atoms with van der Waals surface area (Å²) in [5, 5.41) is 18.0. The second-order valence-corrected chi connectivity index (χ2v) is 3.62. The number of carbonyl (C=O) groups excluding carboxylic acids is 1. The third-order valence-corrected chi connectivity index (χ3v) is 2.40. The molecule has 1 aromatic carbocycles. The van der Waals surface area contributed by atoms with Crippen molar-refractivity contribution in [2.75, 3.05) is 0 Å². The lowest BCUT2D eigenvalue weighted by molar-refractivity contribution is 0.0691. The molecular formula is C12H11N3O3. The summed E-state index contributed by atoms with van der Waals surface area (Å²) >= 11 is 0. The summed E-state index contributed by atoms with van der Waals surface area (Å²) in [4.78, 5) is 22.8. The molecule has 0 saturated carbocycles. The van der Waals surface area contributed by atoms with Gasteiger partial charge in [0.1, 0.15) is 0 Å². The first-order chi connectivity index (χ1) is 8.68. The maximum atomic E-state index is 11.9. The number of carbonyl (C=O) groups is 2. The van der Waals surface area contributed by atoms with E-state index in [1.807, 2.05) is 0 Å². The number of aromatic carboxylic acids is 1. The van der Waals surface area contributed by atoms with Crippen LogP contribution in [0.5, 0.6) is 0 Å². The van der Waals surface area contributed by atoms with E-state index in [1.165, 1.54) is 12.1 Å². The predicted molar refractivity (Wildman–Crippen MR) is 63.2 cm³/mol. The quantitative estimate of drug-likeness (QED) is 0.749. The third-order valence-electron chi connectivity index (χ3n) is 2.40. The highest BCUT2D eigenvalue weighted by atomic mass is 16.4. The van der Waals surface area contributed by atoms with Gasteiger partial charge in [-0.1, -0.05) is 12.1 Å². The van der Waals surface area contributed by atoms with E-state index in [0.717, 1.165) is 5.69 Å². The van der Waals surface area contributed by atoms with Crippen LogP contribution in [-0.4, -0.2) is 27.2 Å². The van der Waals surface area contributed by atoms with Crippen LogP contribution in [0.4, 0.5) is 0 Å². The van der Waals surface area contributed by atoms with E-state index in [1.54, 1.807) is 24.4 Å². The van der Waals surface area contributed by atoms with Crippen molar-refractivity contribution >= 4 is 11.9 Å². The lowest BCUT2D eigenvalue weighted by Crippen LogP contribution is -2.25. The summed E-state index contributed by atoms with van der Waals surface area (Å²) in [5.41, 5.74) is 0.875. The molecule has 0 unspecified atom stereocenters. The topological polar surface area (TPSA) is 95.1 Å². The van der Waals surface area contributed by atoms with Crippen LogP contribution in [0.15, 0.2) is 36.5 Å². The van der Waals surface area contributed by atoms with Gasteiger partial charge in [-0.25, -0.2) is 4.79 Å². The van der Waals surface area contributed by atoms with E-state index >= 15 is 0 Å². The largest absolute Gasteiger partial charge is 0.478 e. The van der Waals surface area contributed by atoms with Gasteiger partial charge in [0.05, 0.1) is 23.4 Å². The predicted octanol–water partition coefficient (Wildman–Crippen LogP) is 1.04. The molecule has 6 heteroatoms. The van der Waals surface area contributed by atoms with Crippen LogP contribution in [0.25, 0.3) is 0 Å². The Morgan fingerprint density at radius 2 is 1.94 bits per heavy atom. The average molecular weight is 245 g/mol. The minimum absolute atomic E-state index is 0.0142. The Labute approximate surface area is 103 Å². The van der Waals surface area contributed by atoms with Gasteiger partial charge in [-0.3, -0.25) is 9.89 Å². The number of aromatic nitrogens is 2. The Hall–Kier alpha value is -2.63. The Morgan fingerprint density at radius 3 is 2.56 bits per heavy atom. The monoisotopic (exact) mass is 245 g/mol. The van der Waals surface area contributed by atoms with Crippen molar-refractivity contribution in [2.45, 2.75) is 6.54 Å². The number of nitrogens with zero attached hydrogens (tertiary/aromatic N) is 1. The van der Waals surface area contributed by atoms with Crippen molar-refractivity contribution in [3.63, 3.8) is 0 Å². The minimum Gasteiger partial charge on any atom is -0.478 e. The molecule has 0 atom stereocenters. The van der Waals surface area contributed by atoms with Crippen molar-refractivity contribution in [3.8, 4) is 0 Å². The van der Waals surface area contributed by atoms with Crippen molar-refractivity contribution in [1.82, 2.24) is 15.5 Å². The van der Waals surface area contributed by atoms with Crippen molar-refractivity contribution < 1.29 is 14.7 Å². The summed E-state index contributed by atoms with van der Waals surface area (Å²) in [6, 6.07) is 7.80. The fourth-order valence-corrected chi connectivity index (χ4v) is 1.52. The molecule has 92 valence electrons. The normalized spacial score (nSPS) is 10.0. The Morgan fingerprint density at radius 1 is 1.22 bits per heavy atom. The number of H-pyrrole nitrogens is 1. The van der Waals surface area contributed by atoms with E-state index in [9.17, 15) is 9.59 Å². The highest BCUT2D eigenvalue weighted by Gasteiger charge is 2.15. The molecular weight excluding hydrogens is 234 g/mol. The standard InChI is InChI=1S/C12H11N3O3/c16-11(13-7-8-5-6-14-15-8)9-3-1-2-4-10(9)12(17)18/h1-6H,7H2,(H,13,16)(H,14,15)(H,17,18). The number of aromatic amines is 1. The first kappa shape index (κ1) is 11.8. The molecule has 0 saturated heterocycles. The van der Waals surface area contributed by atoms with Crippen LogP contribution in [0.2, 0.25) is 0 Å². The third kappa shape index (κ3) is 2.54. The van der Waals surface area contributed by atoms with Crippen molar-refractivity contribution in [1.29, 1.82) is 0 Å². The number of amides is 1. The minimum atomic E-state index is -1.12. The molecule has 0 bridgehead atoms. The Kier molecular flexibility index (Phi) is 3.38. The number of hydrogen-bond donors (Lipinski definition) is 3. The van der Waals surface area contributed by atoms with Gasteiger partial charge in [0.15, 0.2) is 0 Å². The number of carboxylic acids is 1. The molecule has 1 amide bonds.